The Labute approximate surface area is 190 Å². The highest BCUT2D eigenvalue weighted by atomic mass is 127. The molecule has 0 aliphatic rings. The summed E-state index contributed by atoms with van der Waals surface area (Å²) in [6, 6.07) is 18.9. The Kier molecular flexibility index (Phi) is 5.81. The molecule has 0 radical (unpaired) electrons. The third kappa shape index (κ3) is 4.33. The molecule has 0 saturated heterocycles. The molecule has 0 amide bonds. The van der Waals surface area contributed by atoms with Crippen molar-refractivity contribution in [3.8, 4) is 11.4 Å². The zero-order chi connectivity index (χ0) is 22.0. The smallest absolute Gasteiger partial charge is 0.269 e. The summed E-state index contributed by atoms with van der Waals surface area (Å²) < 4.78 is 7.78. The molecule has 0 atom stereocenters. The fraction of sp³-hybridized carbons (Fsp3) is 0.0435. The first kappa shape index (κ1) is 20.7. The Morgan fingerprint density at radius 2 is 1.84 bits per heavy atom. The van der Waals surface area contributed by atoms with Gasteiger partial charge in [-0.15, -0.1) is 0 Å². The Hall–Kier alpha value is -3.53. The van der Waals surface area contributed by atoms with Gasteiger partial charge < -0.3 is 4.74 Å². The van der Waals surface area contributed by atoms with Crippen molar-refractivity contribution >= 4 is 51.3 Å². The summed E-state index contributed by atoms with van der Waals surface area (Å²) in [5.74, 6) is 1.06. The number of non-ortho nitro benzene ring substituents is 1. The van der Waals surface area contributed by atoms with Crippen molar-refractivity contribution in [3.05, 3.63) is 102 Å². The fourth-order valence-corrected chi connectivity index (χ4v) is 3.65. The van der Waals surface area contributed by atoms with Crippen molar-refractivity contribution < 1.29 is 9.66 Å². The topological polar surface area (TPSA) is 87.3 Å². The summed E-state index contributed by atoms with van der Waals surface area (Å²) in [6.07, 6.45) is 3.49. The molecule has 0 saturated carbocycles. The molecule has 4 aromatic rings. The minimum atomic E-state index is -0.444. The van der Waals surface area contributed by atoms with Crippen molar-refractivity contribution in [2.75, 3.05) is 7.11 Å². The zero-order valence-corrected chi connectivity index (χ0v) is 18.5. The Balaban J connectivity index is 1.89. The van der Waals surface area contributed by atoms with E-state index >= 15 is 0 Å². The van der Waals surface area contributed by atoms with Crippen molar-refractivity contribution in [1.82, 2.24) is 9.55 Å². The summed E-state index contributed by atoms with van der Waals surface area (Å²) >= 11 is 2.16. The van der Waals surface area contributed by atoms with Crippen LogP contribution in [0.25, 0.3) is 28.7 Å². The number of halogens is 1. The van der Waals surface area contributed by atoms with E-state index in [1.54, 1.807) is 43.5 Å². The van der Waals surface area contributed by atoms with Gasteiger partial charge in [0.05, 0.1) is 28.6 Å². The van der Waals surface area contributed by atoms with Gasteiger partial charge in [0.15, 0.2) is 0 Å². The molecule has 0 aliphatic carbocycles. The largest absolute Gasteiger partial charge is 0.497 e. The highest BCUT2D eigenvalue weighted by Gasteiger charge is 2.12. The van der Waals surface area contributed by atoms with Gasteiger partial charge in [-0.1, -0.05) is 12.1 Å². The van der Waals surface area contributed by atoms with Crippen molar-refractivity contribution in [2.24, 2.45) is 0 Å². The summed E-state index contributed by atoms with van der Waals surface area (Å²) in [6.45, 7) is 0. The van der Waals surface area contributed by atoms with Gasteiger partial charge in [0.25, 0.3) is 11.2 Å². The van der Waals surface area contributed by atoms with Crippen LogP contribution in [0.1, 0.15) is 11.4 Å². The molecule has 0 bridgehead atoms. The fourth-order valence-electron chi connectivity index (χ4n) is 3.16. The first-order chi connectivity index (χ1) is 15.0. The average molecular weight is 525 g/mol. The highest BCUT2D eigenvalue weighted by molar-refractivity contribution is 14.1. The lowest BCUT2D eigenvalue weighted by Gasteiger charge is -2.12. The van der Waals surface area contributed by atoms with E-state index in [1.807, 2.05) is 30.3 Å². The average Bonchev–Trinajstić information content (AvgIpc) is 2.78. The lowest BCUT2D eigenvalue weighted by Crippen LogP contribution is -2.22. The molecule has 1 aromatic heterocycles. The van der Waals surface area contributed by atoms with E-state index in [9.17, 15) is 14.9 Å². The van der Waals surface area contributed by atoms with Crippen LogP contribution in [0.2, 0.25) is 0 Å². The Morgan fingerprint density at radius 3 is 2.55 bits per heavy atom. The number of nitro benzene ring substituents is 1. The molecule has 0 unspecified atom stereocenters. The molecule has 154 valence electrons. The third-order valence-electron chi connectivity index (χ3n) is 4.70. The standard InChI is InChI=1S/C23H16IN3O4/c1-31-19-4-2-3-18(14-19)26-22(12-7-15-5-9-17(10-6-15)27(29)30)25-21-11-8-16(24)13-20(21)23(26)28/h2-14H,1H3/b12-7+. The number of methoxy groups -OCH3 is 1. The van der Waals surface area contributed by atoms with Crippen molar-refractivity contribution in [2.45, 2.75) is 0 Å². The minimum absolute atomic E-state index is 0.0175. The molecule has 0 fully saturated rings. The van der Waals surface area contributed by atoms with Crippen molar-refractivity contribution in [3.63, 3.8) is 0 Å². The molecular weight excluding hydrogens is 509 g/mol. The highest BCUT2D eigenvalue weighted by Crippen LogP contribution is 2.21. The van der Waals surface area contributed by atoms with Gasteiger partial charge in [0.1, 0.15) is 11.6 Å². The van der Waals surface area contributed by atoms with Crippen LogP contribution in [0.4, 0.5) is 5.69 Å². The van der Waals surface area contributed by atoms with Crippen LogP contribution in [0, 0.1) is 13.7 Å². The number of hydrogen-bond donors (Lipinski definition) is 0. The Morgan fingerprint density at radius 1 is 1.06 bits per heavy atom. The number of ether oxygens (including phenoxy) is 1. The molecule has 3 aromatic carbocycles. The molecule has 31 heavy (non-hydrogen) atoms. The van der Waals surface area contributed by atoms with E-state index in [2.05, 4.69) is 22.6 Å². The Bertz CT molecular complexity index is 1380. The number of nitrogens with zero attached hydrogens (tertiary/aromatic N) is 3. The van der Waals surface area contributed by atoms with Crippen LogP contribution >= 0.6 is 22.6 Å². The van der Waals surface area contributed by atoms with E-state index in [-0.39, 0.29) is 11.2 Å². The van der Waals surface area contributed by atoms with Gasteiger partial charge in [0, 0.05) is 21.8 Å². The molecule has 0 N–H and O–H groups in total. The van der Waals surface area contributed by atoms with Gasteiger partial charge in [-0.2, -0.15) is 0 Å². The van der Waals surface area contributed by atoms with Crippen LogP contribution < -0.4 is 10.3 Å². The van der Waals surface area contributed by atoms with E-state index in [1.165, 1.54) is 16.7 Å². The molecule has 8 heteroatoms. The van der Waals surface area contributed by atoms with Gasteiger partial charge in [0.2, 0.25) is 0 Å². The lowest BCUT2D eigenvalue weighted by molar-refractivity contribution is -0.384. The molecular formula is C23H16IN3O4. The van der Waals surface area contributed by atoms with Crippen LogP contribution in [0.3, 0.4) is 0 Å². The van der Waals surface area contributed by atoms with Crippen LogP contribution in [-0.2, 0) is 0 Å². The number of hydrogen-bond acceptors (Lipinski definition) is 5. The predicted molar refractivity (Wildman–Crippen MR) is 129 cm³/mol. The molecule has 1 heterocycles. The van der Waals surface area contributed by atoms with E-state index < -0.39 is 4.92 Å². The number of fused-ring (bicyclic) bond motifs is 1. The monoisotopic (exact) mass is 525 g/mol. The summed E-state index contributed by atoms with van der Waals surface area (Å²) in [7, 11) is 1.57. The molecule has 4 rings (SSSR count). The number of rotatable bonds is 5. The number of benzene rings is 3. The van der Waals surface area contributed by atoms with Crippen LogP contribution in [-0.4, -0.2) is 21.6 Å². The van der Waals surface area contributed by atoms with Gasteiger partial charge >= 0.3 is 0 Å². The minimum Gasteiger partial charge on any atom is -0.497 e. The predicted octanol–water partition coefficient (Wildman–Crippen LogP) is 5.08. The first-order valence-electron chi connectivity index (χ1n) is 9.25. The summed E-state index contributed by atoms with van der Waals surface area (Å²) in [4.78, 5) is 28.5. The maximum atomic E-state index is 13.4. The second-order valence-electron chi connectivity index (χ2n) is 6.66. The summed E-state index contributed by atoms with van der Waals surface area (Å²) in [5.41, 5.74) is 1.79. The SMILES string of the molecule is COc1cccc(-n2c(/C=C/c3ccc([N+](=O)[O-])cc3)nc3ccc(I)cc3c2=O)c1. The second-order valence-corrected chi connectivity index (χ2v) is 7.90. The van der Waals surface area contributed by atoms with E-state index in [0.29, 0.717) is 28.2 Å². The quantitative estimate of drug-likeness (QED) is 0.206. The van der Waals surface area contributed by atoms with Crippen LogP contribution in [0.15, 0.2) is 71.5 Å². The van der Waals surface area contributed by atoms with Crippen molar-refractivity contribution in [1.29, 1.82) is 0 Å². The third-order valence-corrected chi connectivity index (χ3v) is 5.37. The maximum Gasteiger partial charge on any atom is 0.269 e. The van der Waals surface area contributed by atoms with E-state index in [4.69, 9.17) is 9.72 Å². The van der Waals surface area contributed by atoms with E-state index in [0.717, 1.165) is 9.13 Å². The van der Waals surface area contributed by atoms with Gasteiger partial charge in [-0.05, 0) is 76.7 Å². The molecule has 0 aliphatic heterocycles. The maximum absolute atomic E-state index is 13.4. The lowest BCUT2D eigenvalue weighted by atomic mass is 10.2. The first-order valence-corrected chi connectivity index (χ1v) is 10.3. The van der Waals surface area contributed by atoms with Gasteiger partial charge in [-0.25, -0.2) is 4.98 Å². The number of aromatic nitrogens is 2. The number of nitro groups is 1. The molecule has 7 nitrogen and oxygen atoms in total. The second kappa shape index (κ2) is 8.68. The summed E-state index contributed by atoms with van der Waals surface area (Å²) in [5, 5.41) is 11.4. The zero-order valence-electron chi connectivity index (χ0n) is 16.4. The van der Waals surface area contributed by atoms with Gasteiger partial charge in [-0.3, -0.25) is 19.5 Å². The molecule has 0 spiro atoms. The normalized spacial score (nSPS) is 11.2. The van der Waals surface area contributed by atoms with Crippen LogP contribution in [0.5, 0.6) is 5.75 Å².